The summed E-state index contributed by atoms with van der Waals surface area (Å²) < 4.78 is 6.99. The van der Waals surface area contributed by atoms with Crippen LogP contribution in [0.15, 0.2) is 35.0 Å². The van der Waals surface area contributed by atoms with Crippen LogP contribution >= 0.6 is 0 Å². The number of rotatable bonds is 4. The molecule has 0 saturated carbocycles. The molecule has 1 fully saturated rings. The van der Waals surface area contributed by atoms with Gasteiger partial charge in [-0.25, -0.2) is 0 Å². The molecule has 0 radical (unpaired) electrons. The van der Waals surface area contributed by atoms with Crippen molar-refractivity contribution in [3.05, 3.63) is 42.1 Å². The van der Waals surface area contributed by atoms with Gasteiger partial charge >= 0.3 is 0 Å². The molecule has 0 aliphatic carbocycles. The number of carbonyl (C=O) groups is 2. The number of carbonyl (C=O) groups excluding carboxylic acids is 2. The van der Waals surface area contributed by atoms with Gasteiger partial charge in [0.2, 0.25) is 11.8 Å². The minimum absolute atomic E-state index is 0.117. The van der Waals surface area contributed by atoms with E-state index in [4.69, 9.17) is 4.42 Å². The van der Waals surface area contributed by atoms with E-state index in [1.165, 1.54) is 6.08 Å². The monoisotopic (exact) mass is 314 g/mol. The number of furan rings is 1. The first kappa shape index (κ1) is 15.1. The third-order valence-electron chi connectivity index (χ3n) is 3.69. The Balaban J connectivity index is 1.59. The molecule has 1 saturated heterocycles. The lowest BCUT2D eigenvalue weighted by Gasteiger charge is -2.14. The maximum absolute atomic E-state index is 12.4. The molecule has 120 valence electrons. The summed E-state index contributed by atoms with van der Waals surface area (Å²) in [4.78, 5) is 25.9. The summed E-state index contributed by atoms with van der Waals surface area (Å²) in [6.45, 7) is 2.40. The van der Waals surface area contributed by atoms with Crippen molar-refractivity contribution in [2.24, 2.45) is 7.05 Å². The Morgan fingerprint density at radius 1 is 1.48 bits per heavy atom. The fraction of sp³-hybridized carbons (Fsp3) is 0.312. The van der Waals surface area contributed by atoms with Crippen LogP contribution in [0.5, 0.6) is 0 Å². The Labute approximate surface area is 133 Å². The Bertz CT molecular complexity index is 759. The van der Waals surface area contributed by atoms with Crippen molar-refractivity contribution in [1.29, 1.82) is 0 Å². The summed E-state index contributed by atoms with van der Waals surface area (Å²) in [5.41, 5.74) is 0.746. The number of amides is 2. The van der Waals surface area contributed by atoms with Crippen molar-refractivity contribution in [1.82, 2.24) is 15.1 Å². The Hall–Kier alpha value is -2.83. The van der Waals surface area contributed by atoms with Crippen LogP contribution in [0.25, 0.3) is 6.08 Å². The van der Waals surface area contributed by atoms with E-state index >= 15 is 0 Å². The first-order chi connectivity index (χ1) is 11.0. The van der Waals surface area contributed by atoms with Crippen LogP contribution in [-0.2, 0) is 16.6 Å². The summed E-state index contributed by atoms with van der Waals surface area (Å²) in [5.74, 6) is 0.953. The van der Waals surface area contributed by atoms with E-state index in [-0.39, 0.29) is 11.8 Å². The van der Waals surface area contributed by atoms with Gasteiger partial charge in [-0.15, -0.1) is 0 Å². The minimum Gasteiger partial charge on any atom is -0.462 e. The smallest absolute Gasteiger partial charge is 0.249 e. The van der Waals surface area contributed by atoms with Crippen molar-refractivity contribution >= 4 is 23.6 Å². The van der Waals surface area contributed by atoms with Crippen molar-refractivity contribution in [3.63, 3.8) is 0 Å². The third kappa shape index (κ3) is 3.33. The van der Waals surface area contributed by atoms with Gasteiger partial charge in [-0.1, -0.05) is 0 Å². The molecule has 0 bridgehead atoms. The number of hydrogen-bond acceptors (Lipinski definition) is 4. The van der Waals surface area contributed by atoms with Gasteiger partial charge < -0.3 is 14.6 Å². The maximum Gasteiger partial charge on any atom is 0.249 e. The predicted octanol–water partition coefficient (Wildman–Crippen LogP) is 1.26. The highest BCUT2D eigenvalue weighted by atomic mass is 16.3. The molecule has 23 heavy (non-hydrogen) atoms. The van der Waals surface area contributed by atoms with Gasteiger partial charge in [0, 0.05) is 25.9 Å². The second-order valence-electron chi connectivity index (χ2n) is 5.49. The molecular weight excluding hydrogens is 296 g/mol. The molecule has 3 heterocycles. The fourth-order valence-electron chi connectivity index (χ4n) is 2.54. The predicted molar refractivity (Wildman–Crippen MR) is 84.6 cm³/mol. The summed E-state index contributed by atoms with van der Waals surface area (Å²) in [7, 11) is 1.80. The molecular formula is C16H18N4O3. The zero-order valence-electron chi connectivity index (χ0n) is 13.0. The largest absolute Gasteiger partial charge is 0.462 e. The second-order valence-corrected chi connectivity index (χ2v) is 5.49. The lowest BCUT2D eigenvalue weighted by molar-refractivity contribution is -0.123. The minimum atomic E-state index is -0.509. The van der Waals surface area contributed by atoms with E-state index in [0.717, 1.165) is 11.4 Å². The topological polar surface area (TPSA) is 80.4 Å². The summed E-state index contributed by atoms with van der Waals surface area (Å²) >= 11 is 0. The number of aryl methyl sites for hydroxylation is 2. The van der Waals surface area contributed by atoms with E-state index in [1.807, 2.05) is 13.0 Å². The van der Waals surface area contributed by atoms with E-state index in [1.54, 1.807) is 41.2 Å². The summed E-state index contributed by atoms with van der Waals surface area (Å²) in [6.07, 6.45) is 6.95. The molecule has 0 spiro atoms. The maximum atomic E-state index is 12.4. The fourth-order valence-corrected chi connectivity index (χ4v) is 2.54. The molecule has 7 heteroatoms. The second kappa shape index (κ2) is 6.12. The zero-order chi connectivity index (χ0) is 16.4. The van der Waals surface area contributed by atoms with Gasteiger partial charge in [0.1, 0.15) is 17.6 Å². The van der Waals surface area contributed by atoms with E-state index in [2.05, 4.69) is 10.4 Å². The first-order valence-electron chi connectivity index (χ1n) is 7.38. The molecule has 3 rings (SSSR count). The van der Waals surface area contributed by atoms with E-state index in [9.17, 15) is 9.59 Å². The molecule has 1 aliphatic rings. The number of nitrogens with zero attached hydrogens (tertiary/aromatic N) is 3. The standard InChI is InChI=1S/C16H18N4O3/c1-11-3-4-13(23-11)5-6-15(21)18-14-7-8-20(16(14)22)12-9-17-19(2)10-12/h3-6,9-10,14H,7-8H2,1-2H3,(H,18,21). The Morgan fingerprint density at radius 2 is 2.30 bits per heavy atom. The van der Waals surface area contributed by atoms with Gasteiger partial charge in [-0.3, -0.25) is 14.3 Å². The number of nitrogens with one attached hydrogen (secondary N) is 1. The van der Waals surface area contributed by atoms with Crippen LogP contribution < -0.4 is 10.2 Å². The van der Waals surface area contributed by atoms with Gasteiger partial charge in [0.05, 0.1) is 11.9 Å². The molecule has 1 N–H and O–H groups in total. The van der Waals surface area contributed by atoms with Crippen molar-refractivity contribution < 1.29 is 14.0 Å². The van der Waals surface area contributed by atoms with Crippen LogP contribution in [-0.4, -0.2) is 34.2 Å². The number of hydrogen-bond donors (Lipinski definition) is 1. The average molecular weight is 314 g/mol. The molecule has 0 aromatic carbocycles. The highest BCUT2D eigenvalue weighted by Crippen LogP contribution is 2.20. The van der Waals surface area contributed by atoms with Gasteiger partial charge in [0.25, 0.3) is 0 Å². The summed E-state index contributed by atoms with van der Waals surface area (Å²) in [6, 6.07) is 3.10. The lowest BCUT2D eigenvalue weighted by Crippen LogP contribution is -2.40. The molecule has 2 aromatic rings. The number of aromatic nitrogens is 2. The molecule has 7 nitrogen and oxygen atoms in total. The third-order valence-corrected chi connectivity index (χ3v) is 3.69. The van der Waals surface area contributed by atoms with E-state index < -0.39 is 6.04 Å². The average Bonchev–Trinajstić information content (AvgIpc) is 3.20. The quantitative estimate of drug-likeness (QED) is 0.862. The molecule has 2 amide bonds. The Morgan fingerprint density at radius 3 is 2.96 bits per heavy atom. The van der Waals surface area contributed by atoms with Crippen LogP contribution in [0, 0.1) is 6.92 Å². The summed E-state index contributed by atoms with van der Waals surface area (Å²) in [5, 5.41) is 6.79. The van der Waals surface area contributed by atoms with Gasteiger partial charge in [-0.2, -0.15) is 5.10 Å². The lowest BCUT2D eigenvalue weighted by atomic mass is 10.2. The molecule has 1 atom stereocenters. The van der Waals surface area contributed by atoms with Crippen LogP contribution in [0.3, 0.4) is 0 Å². The highest BCUT2D eigenvalue weighted by Gasteiger charge is 2.33. The van der Waals surface area contributed by atoms with Crippen LogP contribution in [0.1, 0.15) is 17.9 Å². The first-order valence-corrected chi connectivity index (χ1v) is 7.38. The molecule has 1 aliphatic heterocycles. The van der Waals surface area contributed by atoms with Crippen molar-refractivity contribution in [3.8, 4) is 0 Å². The molecule has 1 unspecified atom stereocenters. The van der Waals surface area contributed by atoms with Crippen molar-refractivity contribution in [2.75, 3.05) is 11.4 Å². The highest BCUT2D eigenvalue weighted by molar-refractivity contribution is 6.02. The van der Waals surface area contributed by atoms with Gasteiger partial charge in [-0.05, 0) is 31.6 Å². The van der Waals surface area contributed by atoms with Gasteiger partial charge in [0.15, 0.2) is 0 Å². The number of anilines is 1. The zero-order valence-corrected chi connectivity index (χ0v) is 13.0. The van der Waals surface area contributed by atoms with Crippen LogP contribution in [0.2, 0.25) is 0 Å². The van der Waals surface area contributed by atoms with E-state index in [0.29, 0.717) is 18.7 Å². The van der Waals surface area contributed by atoms with Crippen LogP contribution in [0.4, 0.5) is 5.69 Å². The van der Waals surface area contributed by atoms with Crippen molar-refractivity contribution in [2.45, 2.75) is 19.4 Å². The molecule has 2 aromatic heterocycles. The normalized spacial score (nSPS) is 18.1. The Kier molecular flexibility index (Phi) is 4.01. The SMILES string of the molecule is Cc1ccc(C=CC(=O)NC2CCN(c3cnn(C)c3)C2=O)o1.